The van der Waals surface area contributed by atoms with Gasteiger partial charge in [-0.3, -0.25) is 14.6 Å². The Kier molecular flexibility index (Phi) is 7.71. The fourth-order valence-corrected chi connectivity index (χ4v) is 4.79. The van der Waals surface area contributed by atoms with E-state index in [0.717, 1.165) is 38.0 Å². The molecule has 2 aliphatic heterocycles. The average Bonchev–Trinajstić information content (AvgIpc) is 2.81. The van der Waals surface area contributed by atoms with E-state index in [1.54, 1.807) is 6.07 Å². The van der Waals surface area contributed by atoms with Gasteiger partial charge in [0.15, 0.2) is 0 Å². The second-order valence-corrected chi connectivity index (χ2v) is 8.97. The number of nitrogens with zero attached hydrogens (tertiary/aromatic N) is 2. The summed E-state index contributed by atoms with van der Waals surface area (Å²) in [4.78, 5) is 17.6. The summed E-state index contributed by atoms with van der Waals surface area (Å²) in [6.07, 6.45) is 5.57. The maximum Gasteiger partial charge on any atom is 0.223 e. The molecule has 0 aliphatic carbocycles. The first-order chi connectivity index (χ1) is 15.2. The first kappa shape index (κ1) is 22.0. The van der Waals surface area contributed by atoms with E-state index in [1.165, 1.54) is 49.5 Å². The van der Waals surface area contributed by atoms with Gasteiger partial charge in [-0.15, -0.1) is 0 Å². The molecule has 2 aromatic carbocycles. The van der Waals surface area contributed by atoms with Gasteiger partial charge in [0.25, 0.3) is 0 Å². The zero-order valence-corrected chi connectivity index (χ0v) is 18.4. The second kappa shape index (κ2) is 10.9. The van der Waals surface area contributed by atoms with Gasteiger partial charge in [-0.25, -0.2) is 4.39 Å². The van der Waals surface area contributed by atoms with Crippen LogP contribution in [0.15, 0.2) is 48.5 Å². The lowest BCUT2D eigenvalue weighted by atomic mass is 9.95. The minimum atomic E-state index is -0.148. The molecule has 0 saturated carbocycles. The smallest absolute Gasteiger partial charge is 0.223 e. The maximum atomic E-state index is 13.9. The van der Waals surface area contributed by atoms with Crippen molar-refractivity contribution in [1.29, 1.82) is 0 Å². The molecule has 0 bridgehead atoms. The van der Waals surface area contributed by atoms with Crippen molar-refractivity contribution in [2.24, 2.45) is 5.92 Å². The molecule has 31 heavy (non-hydrogen) atoms. The van der Waals surface area contributed by atoms with Gasteiger partial charge >= 0.3 is 0 Å². The van der Waals surface area contributed by atoms with Gasteiger partial charge < -0.3 is 5.32 Å². The molecular weight excluding hydrogens is 389 g/mol. The number of rotatable bonds is 7. The number of benzene rings is 2. The van der Waals surface area contributed by atoms with E-state index < -0.39 is 0 Å². The van der Waals surface area contributed by atoms with Crippen molar-refractivity contribution in [1.82, 2.24) is 15.1 Å². The molecule has 2 fully saturated rings. The van der Waals surface area contributed by atoms with Crippen LogP contribution < -0.4 is 5.32 Å². The van der Waals surface area contributed by atoms with Crippen LogP contribution in [0.4, 0.5) is 4.39 Å². The third kappa shape index (κ3) is 6.14. The van der Waals surface area contributed by atoms with Gasteiger partial charge in [0.1, 0.15) is 5.82 Å². The largest absolute Gasteiger partial charge is 0.352 e. The third-order valence-electron chi connectivity index (χ3n) is 6.72. The Hall–Kier alpha value is -2.24. The zero-order chi connectivity index (χ0) is 21.5. The quantitative estimate of drug-likeness (QED) is 0.720. The highest BCUT2D eigenvalue weighted by Crippen LogP contribution is 2.21. The molecule has 0 atom stereocenters. The molecule has 1 amide bonds. The molecule has 0 radical (unpaired) electrons. The average molecular weight is 424 g/mol. The molecule has 0 aromatic heterocycles. The van der Waals surface area contributed by atoms with Crippen LogP contribution in [0.2, 0.25) is 0 Å². The summed E-state index contributed by atoms with van der Waals surface area (Å²) >= 11 is 0. The highest BCUT2D eigenvalue weighted by atomic mass is 19.1. The summed E-state index contributed by atoms with van der Waals surface area (Å²) in [5.41, 5.74) is 3.28. The first-order valence-corrected chi connectivity index (χ1v) is 11.7. The Bertz CT molecular complexity index is 857. The number of likely N-dealkylation sites (tertiary alicyclic amines) is 2. The Balaban J connectivity index is 1.25. The zero-order valence-electron chi connectivity index (χ0n) is 18.4. The lowest BCUT2D eigenvalue weighted by Crippen LogP contribution is -2.40. The topological polar surface area (TPSA) is 35.6 Å². The summed E-state index contributed by atoms with van der Waals surface area (Å²) in [7, 11) is 0. The van der Waals surface area contributed by atoms with Gasteiger partial charge in [0.05, 0.1) is 0 Å². The van der Waals surface area contributed by atoms with E-state index in [4.69, 9.17) is 0 Å². The van der Waals surface area contributed by atoms with Crippen molar-refractivity contribution < 1.29 is 9.18 Å². The highest BCUT2D eigenvalue weighted by molar-refractivity contribution is 5.78. The standard InChI is InChI=1S/C26H34FN3O/c27-25-11-5-4-10-24(25)20-30-16-12-21(13-17-30)26(31)28-18-22-8-2-3-9-23(22)19-29-14-6-1-7-15-29/h2-5,8-11,21H,1,6-7,12-20H2,(H,28,31). The highest BCUT2D eigenvalue weighted by Gasteiger charge is 2.25. The normalized spacial score (nSPS) is 18.7. The molecule has 2 saturated heterocycles. The van der Waals surface area contributed by atoms with Crippen LogP contribution in [0.1, 0.15) is 48.8 Å². The summed E-state index contributed by atoms with van der Waals surface area (Å²) in [5.74, 6) is 0.0510. The number of halogens is 1. The summed E-state index contributed by atoms with van der Waals surface area (Å²) in [5, 5.41) is 3.18. The van der Waals surface area contributed by atoms with Crippen molar-refractivity contribution in [2.75, 3.05) is 26.2 Å². The molecule has 2 aliphatic rings. The maximum absolute atomic E-state index is 13.9. The van der Waals surface area contributed by atoms with Gasteiger partial charge in [-0.1, -0.05) is 48.9 Å². The van der Waals surface area contributed by atoms with E-state index >= 15 is 0 Å². The number of nitrogens with one attached hydrogen (secondary N) is 1. The van der Waals surface area contributed by atoms with Crippen LogP contribution in [0.5, 0.6) is 0 Å². The van der Waals surface area contributed by atoms with Gasteiger partial charge in [-0.05, 0) is 69.1 Å². The predicted molar refractivity (Wildman–Crippen MR) is 122 cm³/mol. The number of hydrogen-bond acceptors (Lipinski definition) is 3. The SMILES string of the molecule is O=C(NCc1ccccc1CN1CCCCC1)C1CCN(Cc2ccccc2F)CC1. The van der Waals surface area contributed by atoms with E-state index in [0.29, 0.717) is 13.1 Å². The molecule has 5 heteroatoms. The Labute approximate surface area is 185 Å². The Morgan fingerprint density at radius 2 is 1.39 bits per heavy atom. The van der Waals surface area contributed by atoms with Gasteiger partial charge in [0.2, 0.25) is 5.91 Å². The Morgan fingerprint density at radius 3 is 2.10 bits per heavy atom. The molecule has 0 spiro atoms. The molecule has 166 valence electrons. The van der Waals surface area contributed by atoms with Crippen molar-refractivity contribution in [3.05, 3.63) is 71.0 Å². The summed E-state index contributed by atoms with van der Waals surface area (Å²) < 4.78 is 13.9. The molecule has 2 heterocycles. The molecule has 4 rings (SSSR count). The lowest BCUT2D eigenvalue weighted by molar-refractivity contribution is -0.126. The van der Waals surface area contributed by atoms with Crippen molar-refractivity contribution >= 4 is 5.91 Å². The number of carbonyl (C=O) groups excluding carboxylic acids is 1. The number of amides is 1. The second-order valence-electron chi connectivity index (χ2n) is 8.97. The molecule has 0 unspecified atom stereocenters. The van der Waals surface area contributed by atoms with Crippen LogP contribution in [0.3, 0.4) is 0 Å². The van der Waals surface area contributed by atoms with Gasteiger partial charge in [0, 0.05) is 31.1 Å². The van der Waals surface area contributed by atoms with Crippen LogP contribution >= 0.6 is 0 Å². The van der Waals surface area contributed by atoms with Crippen LogP contribution in [0, 0.1) is 11.7 Å². The number of carbonyl (C=O) groups is 1. The van der Waals surface area contributed by atoms with Crippen LogP contribution in [0.25, 0.3) is 0 Å². The van der Waals surface area contributed by atoms with Crippen LogP contribution in [-0.4, -0.2) is 41.9 Å². The summed E-state index contributed by atoms with van der Waals surface area (Å²) in [6.45, 7) is 6.19. The van der Waals surface area contributed by atoms with Crippen molar-refractivity contribution in [3.63, 3.8) is 0 Å². The van der Waals surface area contributed by atoms with E-state index in [-0.39, 0.29) is 17.6 Å². The van der Waals surface area contributed by atoms with Crippen molar-refractivity contribution in [3.8, 4) is 0 Å². The fraction of sp³-hybridized carbons (Fsp3) is 0.500. The molecule has 2 aromatic rings. The molecular formula is C26H34FN3O. The number of hydrogen-bond donors (Lipinski definition) is 1. The third-order valence-corrected chi connectivity index (χ3v) is 6.72. The predicted octanol–water partition coefficient (Wildman–Crippen LogP) is 4.34. The minimum absolute atomic E-state index is 0.0473. The van der Waals surface area contributed by atoms with Gasteiger partial charge in [-0.2, -0.15) is 0 Å². The van der Waals surface area contributed by atoms with Crippen molar-refractivity contribution in [2.45, 2.75) is 51.7 Å². The minimum Gasteiger partial charge on any atom is -0.352 e. The Morgan fingerprint density at radius 1 is 0.806 bits per heavy atom. The van der Waals surface area contributed by atoms with E-state index in [1.807, 2.05) is 12.1 Å². The monoisotopic (exact) mass is 423 g/mol. The molecule has 1 N–H and O–H groups in total. The number of piperidine rings is 2. The lowest BCUT2D eigenvalue weighted by Gasteiger charge is -2.31. The van der Waals surface area contributed by atoms with Crippen LogP contribution in [-0.2, 0) is 24.4 Å². The first-order valence-electron chi connectivity index (χ1n) is 11.7. The van der Waals surface area contributed by atoms with E-state index in [2.05, 4.69) is 39.4 Å². The van der Waals surface area contributed by atoms with E-state index in [9.17, 15) is 9.18 Å². The molecule has 4 nitrogen and oxygen atoms in total. The summed E-state index contributed by atoms with van der Waals surface area (Å²) in [6, 6.07) is 15.4. The fourth-order valence-electron chi connectivity index (χ4n) is 4.79.